The Bertz CT molecular complexity index is 448. The Morgan fingerprint density at radius 3 is 2.72 bits per heavy atom. The summed E-state index contributed by atoms with van der Waals surface area (Å²) in [6, 6.07) is 6.66. The highest BCUT2D eigenvalue weighted by Gasteiger charge is 2.18. The molecule has 3 nitrogen and oxygen atoms in total. The summed E-state index contributed by atoms with van der Waals surface area (Å²) in [7, 11) is 0. The highest BCUT2D eigenvalue weighted by atomic mass is 19.1. The summed E-state index contributed by atoms with van der Waals surface area (Å²) in [6.45, 7) is 0.425. The van der Waals surface area contributed by atoms with Gasteiger partial charge in [-0.25, -0.2) is 4.39 Å². The van der Waals surface area contributed by atoms with Crippen LogP contribution in [0.25, 0.3) is 0 Å². The number of nitrogens with zero attached hydrogens (tertiary/aromatic N) is 1. The Balaban J connectivity index is 1.89. The molecule has 1 saturated carbocycles. The van der Waals surface area contributed by atoms with Crippen molar-refractivity contribution < 1.29 is 9.13 Å². The normalized spacial score (nSPS) is 23.6. The minimum absolute atomic E-state index is 0.0711. The van der Waals surface area contributed by atoms with Crippen LogP contribution in [0.5, 0.6) is 0 Å². The van der Waals surface area contributed by atoms with E-state index >= 15 is 0 Å². The van der Waals surface area contributed by atoms with E-state index in [1.165, 1.54) is 6.07 Å². The largest absolute Gasteiger partial charge is 0.374 e. The number of rotatable bonds is 3. The molecule has 0 bridgehead atoms. The van der Waals surface area contributed by atoms with Gasteiger partial charge in [0, 0.05) is 6.04 Å². The molecular formula is C14H17FN2O. The fourth-order valence-electron chi connectivity index (χ4n) is 2.22. The maximum absolute atomic E-state index is 13.1. The van der Waals surface area contributed by atoms with Crippen molar-refractivity contribution in [3.05, 3.63) is 35.1 Å². The van der Waals surface area contributed by atoms with Crippen LogP contribution in [-0.4, -0.2) is 12.1 Å². The maximum atomic E-state index is 13.1. The molecule has 2 rings (SSSR count). The monoisotopic (exact) mass is 248 g/mol. The molecule has 0 unspecified atom stereocenters. The lowest BCUT2D eigenvalue weighted by Gasteiger charge is -2.26. The molecule has 1 aliphatic rings. The zero-order chi connectivity index (χ0) is 13.0. The third kappa shape index (κ3) is 3.28. The summed E-state index contributed by atoms with van der Waals surface area (Å²) in [6.07, 6.45) is 4.19. The van der Waals surface area contributed by atoms with Crippen molar-refractivity contribution in [2.75, 3.05) is 0 Å². The van der Waals surface area contributed by atoms with Gasteiger partial charge in [-0.05, 0) is 43.4 Å². The third-order valence-corrected chi connectivity index (χ3v) is 3.36. The maximum Gasteiger partial charge on any atom is 0.140 e. The first kappa shape index (κ1) is 13.0. The molecule has 1 aliphatic carbocycles. The van der Waals surface area contributed by atoms with E-state index in [4.69, 9.17) is 15.7 Å². The highest BCUT2D eigenvalue weighted by Crippen LogP contribution is 2.21. The standard InChI is InChI=1S/C14H17FN2O/c15-14-6-1-10(7-11(14)8-16)9-18-13-4-2-12(17)3-5-13/h1,6-7,12-13H,2-5,9,17H2. The third-order valence-electron chi connectivity index (χ3n) is 3.36. The van der Waals surface area contributed by atoms with E-state index in [1.54, 1.807) is 12.1 Å². The number of benzene rings is 1. The topological polar surface area (TPSA) is 59.0 Å². The Morgan fingerprint density at radius 2 is 2.06 bits per heavy atom. The second-order valence-electron chi connectivity index (χ2n) is 4.77. The molecule has 1 aromatic rings. The van der Waals surface area contributed by atoms with E-state index in [1.807, 2.05) is 6.07 Å². The number of nitriles is 1. The summed E-state index contributed by atoms with van der Waals surface area (Å²) in [4.78, 5) is 0. The van der Waals surface area contributed by atoms with Gasteiger partial charge in [-0.1, -0.05) is 6.07 Å². The minimum Gasteiger partial charge on any atom is -0.374 e. The van der Waals surface area contributed by atoms with Gasteiger partial charge in [0.2, 0.25) is 0 Å². The second-order valence-corrected chi connectivity index (χ2v) is 4.77. The first-order valence-electron chi connectivity index (χ1n) is 6.24. The van der Waals surface area contributed by atoms with Crippen molar-refractivity contribution in [2.45, 2.75) is 44.4 Å². The molecule has 0 aliphatic heterocycles. The van der Waals surface area contributed by atoms with Gasteiger partial charge in [0.25, 0.3) is 0 Å². The molecule has 1 fully saturated rings. The summed E-state index contributed by atoms with van der Waals surface area (Å²) < 4.78 is 18.9. The molecule has 0 heterocycles. The van der Waals surface area contributed by atoms with Gasteiger partial charge in [0.05, 0.1) is 18.3 Å². The summed E-state index contributed by atoms with van der Waals surface area (Å²) in [5.41, 5.74) is 6.73. The lowest BCUT2D eigenvalue weighted by atomic mass is 9.94. The van der Waals surface area contributed by atoms with Crippen LogP contribution in [0.3, 0.4) is 0 Å². The van der Waals surface area contributed by atoms with Crippen LogP contribution in [-0.2, 0) is 11.3 Å². The molecule has 4 heteroatoms. The molecule has 1 aromatic carbocycles. The van der Waals surface area contributed by atoms with Crippen LogP contribution in [0.2, 0.25) is 0 Å². The molecule has 96 valence electrons. The number of hydrogen-bond donors (Lipinski definition) is 1. The van der Waals surface area contributed by atoms with Crippen molar-refractivity contribution in [1.29, 1.82) is 5.26 Å². The summed E-state index contributed by atoms with van der Waals surface area (Å²) in [5, 5.41) is 8.74. The Labute approximate surface area is 106 Å². The molecule has 0 spiro atoms. The van der Waals surface area contributed by atoms with Crippen molar-refractivity contribution in [3.63, 3.8) is 0 Å². The van der Waals surface area contributed by atoms with Gasteiger partial charge in [-0.2, -0.15) is 5.26 Å². The predicted octanol–water partition coefficient (Wildman–Crippen LogP) is 2.48. The fourth-order valence-corrected chi connectivity index (χ4v) is 2.22. The first-order valence-corrected chi connectivity index (χ1v) is 6.24. The van der Waals surface area contributed by atoms with Gasteiger partial charge in [0.15, 0.2) is 0 Å². The molecule has 0 radical (unpaired) electrons. The van der Waals surface area contributed by atoms with Crippen LogP contribution < -0.4 is 5.73 Å². The lowest BCUT2D eigenvalue weighted by molar-refractivity contribution is 0.0138. The zero-order valence-electron chi connectivity index (χ0n) is 10.2. The SMILES string of the molecule is N#Cc1cc(COC2CCC(N)CC2)ccc1F. The van der Waals surface area contributed by atoms with E-state index in [-0.39, 0.29) is 11.7 Å². The number of nitrogens with two attached hydrogens (primary N) is 1. The fraction of sp³-hybridized carbons (Fsp3) is 0.500. The lowest BCUT2D eigenvalue weighted by Crippen LogP contribution is -2.30. The average Bonchev–Trinajstić information content (AvgIpc) is 2.39. The molecule has 0 amide bonds. The van der Waals surface area contributed by atoms with Crippen LogP contribution in [0.1, 0.15) is 36.8 Å². The van der Waals surface area contributed by atoms with E-state index in [2.05, 4.69) is 0 Å². The summed E-state index contributed by atoms with van der Waals surface area (Å²) in [5.74, 6) is -0.482. The highest BCUT2D eigenvalue weighted by molar-refractivity contribution is 5.34. The van der Waals surface area contributed by atoms with Crippen LogP contribution in [0.15, 0.2) is 18.2 Å². The van der Waals surface area contributed by atoms with Gasteiger partial charge in [-0.3, -0.25) is 0 Å². The molecule has 0 saturated heterocycles. The van der Waals surface area contributed by atoms with Gasteiger partial charge in [0.1, 0.15) is 11.9 Å². The van der Waals surface area contributed by atoms with Crippen molar-refractivity contribution >= 4 is 0 Å². The van der Waals surface area contributed by atoms with E-state index in [0.717, 1.165) is 31.2 Å². The van der Waals surface area contributed by atoms with E-state index in [9.17, 15) is 4.39 Å². The van der Waals surface area contributed by atoms with Gasteiger partial charge < -0.3 is 10.5 Å². The molecule has 2 N–H and O–H groups in total. The number of hydrogen-bond acceptors (Lipinski definition) is 3. The van der Waals surface area contributed by atoms with Gasteiger partial charge in [-0.15, -0.1) is 0 Å². The van der Waals surface area contributed by atoms with Crippen LogP contribution in [0.4, 0.5) is 4.39 Å². The molecule has 18 heavy (non-hydrogen) atoms. The van der Waals surface area contributed by atoms with Crippen LogP contribution in [0, 0.1) is 17.1 Å². The number of halogens is 1. The van der Waals surface area contributed by atoms with Crippen LogP contribution >= 0.6 is 0 Å². The predicted molar refractivity (Wildman–Crippen MR) is 66.1 cm³/mol. The van der Waals surface area contributed by atoms with Gasteiger partial charge >= 0.3 is 0 Å². The van der Waals surface area contributed by atoms with E-state index in [0.29, 0.717) is 12.6 Å². The van der Waals surface area contributed by atoms with Crippen molar-refractivity contribution in [2.24, 2.45) is 5.73 Å². The number of ether oxygens (including phenoxy) is 1. The second kappa shape index (κ2) is 5.94. The van der Waals surface area contributed by atoms with Crippen molar-refractivity contribution in [1.82, 2.24) is 0 Å². The summed E-state index contributed by atoms with van der Waals surface area (Å²) >= 11 is 0. The Hall–Kier alpha value is -1.44. The quantitative estimate of drug-likeness (QED) is 0.894. The Kier molecular flexibility index (Phi) is 4.29. The molecule has 0 atom stereocenters. The van der Waals surface area contributed by atoms with Crippen molar-refractivity contribution in [3.8, 4) is 6.07 Å². The smallest absolute Gasteiger partial charge is 0.140 e. The average molecular weight is 248 g/mol. The minimum atomic E-state index is -0.482. The first-order chi connectivity index (χ1) is 8.69. The zero-order valence-corrected chi connectivity index (χ0v) is 10.2. The Morgan fingerprint density at radius 1 is 1.33 bits per heavy atom. The molecular weight excluding hydrogens is 231 g/mol. The van der Waals surface area contributed by atoms with E-state index < -0.39 is 5.82 Å². The molecule has 0 aromatic heterocycles.